The number of aromatic nitrogens is 4. The molecule has 1 amide bonds. The number of carbonyl (C=O) groups excluding carboxylic acids is 1. The quantitative estimate of drug-likeness (QED) is 0.407. The lowest BCUT2D eigenvalue weighted by Gasteiger charge is -2.14. The Labute approximate surface area is 188 Å². The van der Waals surface area contributed by atoms with Crippen LogP contribution in [0.4, 0.5) is 13.2 Å². The Kier molecular flexibility index (Phi) is 4.78. The molecule has 3 heterocycles. The predicted octanol–water partition coefficient (Wildman–Crippen LogP) is 4.82. The fourth-order valence-electron chi connectivity index (χ4n) is 3.81. The molecule has 0 spiro atoms. The van der Waals surface area contributed by atoms with Crippen molar-refractivity contribution in [1.29, 1.82) is 0 Å². The summed E-state index contributed by atoms with van der Waals surface area (Å²) in [4.78, 5) is 20.6. The minimum absolute atomic E-state index is 0.101. The highest BCUT2D eigenvalue weighted by Gasteiger charge is 2.42. The van der Waals surface area contributed by atoms with Gasteiger partial charge in [-0.3, -0.25) is 4.79 Å². The molecule has 5 aromatic rings. The number of hydrogen-bond donors (Lipinski definition) is 1. The number of alkyl halides is 3. The maximum Gasteiger partial charge on any atom is 0.434 e. The van der Waals surface area contributed by atoms with Crippen LogP contribution in [0.15, 0.2) is 54.2 Å². The third-order valence-electron chi connectivity index (χ3n) is 5.17. The first-order chi connectivity index (χ1) is 15.8. The van der Waals surface area contributed by atoms with Gasteiger partial charge >= 0.3 is 6.18 Å². The molecular weight excluding hydrogens is 455 g/mol. The number of thiazole rings is 1. The highest BCUT2D eigenvalue weighted by Crippen LogP contribution is 2.40. The number of primary amides is 1. The molecule has 7 nitrogen and oxygen atoms in total. The van der Waals surface area contributed by atoms with Gasteiger partial charge in [-0.25, -0.2) is 14.6 Å². The fourth-order valence-corrected chi connectivity index (χ4v) is 4.46. The maximum atomic E-state index is 14.3. The van der Waals surface area contributed by atoms with E-state index in [0.717, 1.165) is 4.70 Å². The average molecular weight is 469 g/mol. The molecule has 0 saturated heterocycles. The molecule has 33 heavy (non-hydrogen) atoms. The molecule has 3 aromatic heterocycles. The van der Waals surface area contributed by atoms with E-state index in [4.69, 9.17) is 10.5 Å². The number of methoxy groups -OCH3 is 1. The standard InChI is InChI=1S/C22H14F3N5O2S/c1-32-21-13-3-2-4-15(12(13)7-8-27-21)30-19(22(23,24)25)17(20(26)31)18(29-30)11-5-6-16-14(9-11)28-10-33-16/h2-10H,1H3,(H2,26,31). The van der Waals surface area contributed by atoms with Crippen molar-refractivity contribution in [1.82, 2.24) is 19.7 Å². The molecule has 0 radical (unpaired) electrons. The van der Waals surface area contributed by atoms with E-state index in [-0.39, 0.29) is 17.3 Å². The van der Waals surface area contributed by atoms with Crippen LogP contribution in [-0.4, -0.2) is 32.8 Å². The summed E-state index contributed by atoms with van der Waals surface area (Å²) in [6.45, 7) is 0. The van der Waals surface area contributed by atoms with Gasteiger partial charge in [0.05, 0.1) is 34.1 Å². The Morgan fingerprint density at radius 2 is 1.94 bits per heavy atom. The highest BCUT2D eigenvalue weighted by atomic mass is 32.1. The predicted molar refractivity (Wildman–Crippen MR) is 118 cm³/mol. The van der Waals surface area contributed by atoms with Gasteiger partial charge in [-0.05, 0) is 30.3 Å². The number of fused-ring (bicyclic) bond motifs is 2. The number of halogens is 3. The van der Waals surface area contributed by atoms with Crippen LogP contribution in [0.2, 0.25) is 0 Å². The zero-order chi connectivity index (χ0) is 23.3. The van der Waals surface area contributed by atoms with Gasteiger partial charge < -0.3 is 10.5 Å². The molecule has 2 aromatic carbocycles. The lowest BCUT2D eigenvalue weighted by Crippen LogP contribution is -2.21. The van der Waals surface area contributed by atoms with Gasteiger partial charge in [-0.2, -0.15) is 18.3 Å². The molecule has 5 rings (SSSR count). The summed E-state index contributed by atoms with van der Waals surface area (Å²) in [6.07, 6.45) is -3.49. The summed E-state index contributed by atoms with van der Waals surface area (Å²) in [7, 11) is 1.42. The Morgan fingerprint density at radius 3 is 2.67 bits per heavy atom. The van der Waals surface area contributed by atoms with E-state index in [1.165, 1.54) is 30.7 Å². The van der Waals surface area contributed by atoms with E-state index in [9.17, 15) is 18.0 Å². The fraction of sp³-hybridized carbons (Fsp3) is 0.0909. The summed E-state index contributed by atoms with van der Waals surface area (Å²) in [5, 5.41) is 5.15. The molecule has 0 unspecified atom stereocenters. The van der Waals surface area contributed by atoms with E-state index >= 15 is 0 Å². The van der Waals surface area contributed by atoms with Crippen molar-refractivity contribution < 1.29 is 22.7 Å². The van der Waals surface area contributed by atoms with E-state index in [0.29, 0.717) is 26.5 Å². The summed E-state index contributed by atoms with van der Waals surface area (Å²) in [5.41, 5.74) is 5.91. The molecule has 0 saturated carbocycles. The number of benzene rings is 2. The third-order valence-corrected chi connectivity index (χ3v) is 5.98. The van der Waals surface area contributed by atoms with E-state index in [1.54, 1.807) is 41.9 Å². The second-order valence-corrected chi connectivity index (χ2v) is 7.96. The number of nitrogens with two attached hydrogens (primary N) is 1. The van der Waals surface area contributed by atoms with Crippen molar-refractivity contribution in [3.8, 4) is 22.8 Å². The largest absolute Gasteiger partial charge is 0.481 e. The smallest absolute Gasteiger partial charge is 0.434 e. The molecule has 11 heteroatoms. The molecular formula is C22H14F3N5O2S. The van der Waals surface area contributed by atoms with Crippen LogP contribution >= 0.6 is 11.3 Å². The zero-order valence-electron chi connectivity index (χ0n) is 16.9. The summed E-state index contributed by atoms with van der Waals surface area (Å²) in [5.74, 6) is -0.985. The van der Waals surface area contributed by atoms with Gasteiger partial charge in [0.25, 0.3) is 5.91 Å². The molecule has 166 valence electrons. The number of hydrogen-bond acceptors (Lipinski definition) is 6. The van der Waals surface area contributed by atoms with E-state index < -0.39 is 23.3 Å². The van der Waals surface area contributed by atoms with Crippen LogP contribution in [-0.2, 0) is 6.18 Å². The zero-order valence-corrected chi connectivity index (χ0v) is 17.7. The van der Waals surface area contributed by atoms with Crippen LogP contribution in [0.5, 0.6) is 5.88 Å². The average Bonchev–Trinajstić information content (AvgIpc) is 3.42. The van der Waals surface area contributed by atoms with Crippen LogP contribution < -0.4 is 10.5 Å². The van der Waals surface area contributed by atoms with Crippen molar-refractivity contribution in [3.63, 3.8) is 0 Å². The van der Waals surface area contributed by atoms with Crippen LogP contribution in [0.3, 0.4) is 0 Å². The second kappa shape index (κ2) is 7.55. The summed E-state index contributed by atoms with van der Waals surface area (Å²) < 4.78 is 49.8. The first-order valence-corrected chi connectivity index (χ1v) is 10.4. The monoisotopic (exact) mass is 469 g/mol. The minimum Gasteiger partial charge on any atom is -0.481 e. The molecule has 0 aliphatic heterocycles. The van der Waals surface area contributed by atoms with E-state index in [2.05, 4.69) is 15.1 Å². The second-order valence-electron chi connectivity index (χ2n) is 7.07. The van der Waals surface area contributed by atoms with Crippen molar-refractivity contribution in [2.45, 2.75) is 6.18 Å². The lowest BCUT2D eigenvalue weighted by atomic mass is 10.0. The van der Waals surface area contributed by atoms with Crippen molar-refractivity contribution in [3.05, 3.63) is 65.4 Å². The van der Waals surface area contributed by atoms with Gasteiger partial charge in [0.1, 0.15) is 5.69 Å². The van der Waals surface area contributed by atoms with Gasteiger partial charge in [-0.15, -0.1) is 11.3 Å². The number of amides is 1. The van der Waals surface area contributed by atoms with Crippen molar-refractivity contribution in [2.75, 3.05) is 7.11 Å². The van der Waals surface area contributed by atoms with Crippen LogP contribution in [0, 0.1) is 0 Å². The van der Waals surface area contributed by atoms with Gasteiger partial charge in [0.15, 0.2) is 5.69 Å². The molecule has 0 atom stereocenters. The Morgan fingerprint density at radius 1 is 1.12 bits per heavy atom. The molecule has 0 aliphatic carbocycles. The Bertz CT molecular complexity index is 1540. The number of nitrogens with zero attached hydrogens (tertiary/aromatic N) is 4. The molecule has 0 bridgehead atoms. The summed E-state index contributed by atoms with van der Waals surface area (Å²) >= 11 is 1.39. The SMILES string of the molecule is COc1nccc2c(-n3nc(-c4ccc5scnc5c4)c(C(N)=O)c3C(F)(F)F)cccc12. The minimum atomic E-state index is -4.92. The summed E-state index contributed by atoms with van der Waals surface area (Å²) in [6, 6.07) is 11.2. The lowest BCUT2D eigenvalue weighted by molar-refractivity contribution is -0.143. The maximum absolute atomic E-state index is 14.3. The number of pyridine rings is 1. The number of ether oxygens (including phenoxy) is 1. The van der Waals surface area contributed by atoms with Gasteiger partial charge in [0.2, 0.25) is 5.88 Å². The Hall–Kier alpha value is -3.99. The van der Waals surface area contributed by atoms with Gasteiger partial charge in [-0.1, -0.05) is 12.1 Å². The molecule has 0 fully saturated rings. The Balaban J connectivity index is 1.86. The van der Waals surface area contributed by atoms with E-state index in [1.807, 2.05) is 0 Å². The number of carbonyl (C=O) groups is 1. The number of rotatable bonds is 4. The first-order valence-electron chi connectivity index (χ1n) is 9.55. The van der Waals surface area contributed by atoms with Gasteiger partial charge in [0, 0.05) is 22.5 Å². The molecule has 0 aliphatic rings. The topological polar surface area (TPSA) is 95.9 Å². The highest BCUT2D eigenvalue weighted by molar-refractivity contribution is 7.16. The normalized spacial score (nSPS) is 11.9. The third kappa shape index (κ3) is 3.37. The first kappa shape index (κ1) is 20.9. The van der Waals surface area contributed by atoms with Crippen molar-refractivity contribution in [2.24, 2.45) is 5.73 Å². The van der Waals surface area contributed by atoms with Crippen LogP contribution in [0.1, 0.15) is 16.1 Å². The van der Waals surface area contributed by atoms with Crippen molar-refractivity contribution >= 4 is 38.2 Å². The van der Waals surface area contributed by atoms with Crippen LogP contribution in [0.25, 0.3) is 37.9 Å². The molecule has 2 N–H and O–H groups in total.